The highest BCUT2D eigenvalue weighted by atomic mass is 19.1. The molecular weight excluding hydrogens is 321 g/mol. The highest BCUT2D eigenvalue weighted by molar-refractivity contribution is 5.49. The summed E-state index contributed by atoms with van der Waals surface area (Å²) >= 11 is 0. The van der Waals surface area contributed by atoms with Crippen LogP contribution in [0.25, 0.3) is 0 Å². The van der Waals surface area contributed by atoms with Gasteiger partial charge in [-0.1, -0.05) is 0 Å². The van der Waals surface area contributed by atoms with Gasteiger partial charge >= 0.3 is 0 Å². The number of fused-ring (bicyclic) bond motifs is 1. The number of methoxy groups -OCH3 is 1. The molecule has 0 amide bonds. The van der Waals surface area contributed by atoms with Crippen molar-refractivity contribution in [1.29, 1.82) is 0 Å². The SMILES string of the molecule is COc1cc([N+](=O)[O-])ccc1OCc1cc(F)cc2c1OCOC2. The zero-order valence-electron chi connectivity index (χ0n) is 12.8. The summed E-state index contributed by atoms with van der Waals surface area (Å²) in [6.45, 7) is 0.377. The van der Waals surface area contributed by atoms with Gasteiger partial charge in [0, 0.05) is 17.2 Å². The van der Waals surface area contributed by atoms with Crippen molar-refractivity contribution in [2.45, 2.75) is 13.2 Å². The molecule has 1 aliphatic heterocycles. The lowest BCUT2D eigenvalue weighted by Gasteiger charge is -2.21. The minimum atomic E-state index is -0.525. The standard InChI is InChI=1S/C16H14FNO6/c1-21-15-6-13(18(19)20)2-3-14(15)23-8-11-5-12(17)4-10-7-22-9-24-16(10)11/h2-6H,7-9H2,1H3. The maximum absolute atomic E-state index is 13.7. The molecule has 0 aromatic heterocycles. The lowest BCUT2D eigenvalue weighted by Crippen LogP contribution is -2.14. The highest BCUT2D eigenvalue weighted by Crippen LogP contribution is 2.34. The van der Waals surface area contributed by atoms with Crippen molar-refractivity contribution in [2.75, 3.05) is 13.9 Å². The summed E-state index contributed by atoms with van der Waals surface area (Å²) in [5, 5.41) is 10.8. The Kier molecular flexibility index (Phi) is 4.48. The van der Waals surface area contributed by atoms with E-state index in [0.717, 1.165) is 0 Å². The number of halogens is 1. The topological polar surface area (TPSA) is 80.1 Å². The fraction of sp³-hybridized carbons (Fsp3) is 0.250. The quantitative estimate of drug-likeness (QED) is 0.617. The molecule has 0 saturated heterocycles. The second-order valence-electron chi connectivity index (χ2n) is 5.04. The summed E-state index contributed by atoms with van der Waals surface area (Å²) in [5.74, 6) is 0.646. The second kappa shape index (κ2) is 6.71. The molecule has 0 saturated carbocycles. The molecule has 0 aliphatic carbocycles. The van der Waals surface area contributed by atoms with Gasteiger partial charge in [0.25, 0.3) is 5.69 Å². The Morgan fingerprint density at radius 2 is 2.12 bits per heavy atom. The van der Waals surface area contributed by atoms with Crippen LogP contribution in [0.2, 0.25) is 0 Å². The van der Waals surface area contributed by atoms with Gasteiger partial charge < -0.3 is 18.9 Å². The molecule has 0 unspecified atom stereocenters. The molecule has 2 aromatic carbocycles. The molecule has 0 fully saturated rings. The summed E-state index contributed by atoms with van der Waals surface area (Å²) in [4.78, 5) is 10.3. The predicted octanol–water partition coefficient (Wildman–Crippen LogP) is 3.19. The number of nitro groups is 1. The fourth-order valence-corrected chi connectivity index (χ4v) is 2.41. The Morgan fingerprint density at radius 3 is 2.88 bits per heavy atom. The van der Waals surface area contributed by atoms with E-state index in [4.69, 9.17) is 18.9 Å². The van der Waals surface area contributed by atoms with Crippen molar-refractivity contribution in [3.8, 4) is 17.2 Å². The van der Waals surface area contributed by atoms with Crippen LogP contribution in [-0.2, 0) is 18.0 Å². The molecule has 0 spiro atoms. The van der Waals surface area contributed by atoms with Crippen molar-refractivity contribution in [3.05, 3.63) is 57.4 Å². The van der Waals surface area contributed by atoms with Crippen LogP contribution in [0.1, 0.15) is 11.1 Å². The number of hydrogen-bond donors (Lipinski definition) is 0. The molecular formula is C16H14FNO6. The number of non-ortho nitro benzene ring substituents is 1. The van der Waals surface area contributed by atoms with E-state index < -0.39 is 10.7 Å². The molecule has 1 aliphatic rings. The highest BCUT2D eigenvalue weighted by Gasteiger charge is 2.18. The summed E-state index contributed by atoms with van der Waals surface area (Å²) in [6, 6.07) is 6.68. The number of benzene rings is 2. The molecule has 8 heteroatoms. The zero-order valence-corrected chi connectivity index (χ0v) is 12.8. The minimum absolute atomic E-state index is 0.0221. The summed E-state index contributed by atoms with van der Waals surface area (Å²) in [6.07, 6.45) is 0. The molecule has 7 nitrogen and oxygen atoms in total. The van der Waals surface area contributed by atoms with Crippen molar-refractivity contribution in [3.63, 3.8) is 0 Å². The molecule has 1 heterocycles. The second-order valence-corrected chi connectivity index (χ2v) is 5.04. The lowest BCUT2D eigenvalue weighted by atomic mass is 10.1. The molecule has 0 radical (unpaired) electrons. The Labute approximate surface area is 136 Å². The maximum Gasteiger partial charge on any atom is 0.273 e. The van der Waals surface area contributed by atoms with Gasteiger partial charge in [-0.2, -0.15) is 0 Å². The summed E-state index contributed by atoms with van der Waals surface area (Å²) < 4.78 is 35.0. The van der Waals surface area contributed by atoms with Gasteiger partial charge in [0.1, 0.15) is 18.2 Å². The summed E-state index contributed by atoms with van der Waals surface area (Å²) in [5.41, 5.74) is 1.02. The van der Waals surface area contributed by atoms with Gasteiger partial charge in [-0.15, -0.1) is 0 Å². The first-order valence-corrected chi connectivity index (χ1v) is 7.05. The van der Waals surface area contributed by atoms with E-state index in [2.05, 4.69) is 0 Å². The van der Waals surface area contributed by atoms with Gasteiger partial charge in [-0.25, -0.2) is 4.39 Å². The zero-order chi connectivity index (χ0) is 17.1. The Hall–Kier alpha value is -2.87. The molecule has 24 heavy (non-hydrogen) atoms. The Morgan fingerprint density at radius 1 is 1.29 bits per heavy atom. The minimum Gasteiger partial charge on any atom is -0.493 e. The average molecular weight is 335 g/mol. The van der Waals surface area contributed by atoms with Crippen LogP contribution in [0.4, 0.5) is 10.1 Å². The Balaban J connectivity index is 1.84. The molecule has 3 rings (SSSR count). The van der Waals surface area contributed by atoms with Gasteiger partial charge in [0.05, 0.1) is 24.7 Å². The van der Waals surface area contributed by atoms with Crippen molar-refractivity contribution in [1.82, 2.24) is 0 Å². The third-order valence-electron chi connectivity index (χ3n) is 3.49. The van der Waals surface area contributed by atoms with E-state index in [-0.39, 0.29) is 31.4 Å². The first kappa shape index (κ1) is 16.0. The fourth-order valence-electron chi connectivity index (χ4n) is 2.41. The van der Waals surface area contributed by atoms with Crippen molar-refractivity contribution >= 4 is 5.69 Å². The monoisotopic (exact) mass is 335 g/mol. The summed E-state index contributed by atoms with van der Waals surface area (Å²) in [7, 11) is 1.39. The third kappa shape index (κ3) is 3.23. The number of ether oxygens (including phenoxy) is 4. The number of rotatable bonds is 5. The van der Waals surface area contributed by atoms with Crippen LogP contribution in [-0.4, -0.2) is 18.8 Å². The number of nitro benzene ring substituents is 1. The van der Waals surface area contributed by atoms with Crippen molar-refractivity contribution in [2.24, 2.45) is 0 Å². The first-order chi connectivity index (χ1) is 11.6. The Bertz CT molecular complexity index is 779. The van der Waals surface area contributed by atoms with E-state index in [9.17, 15) is 14.5 Å². The van der Waals surface area contributed by atoms with Crippen LogP contribution in [0, 0.1) is 15.9 Å². The van der Waals surface area contributed by atoms with E-state index >= 15 is 0 Å². The molecule has 2 aromatic rings. The van der Waals surface area contributed by atoms with E-state index in [1.165, 1.54) is 37.4 Å². The van der Waals surface area contributed by atoms with Crippen LogP contribution >= 0.6 is 0 Å². The van der Waals surface area contributed by atoms with Gasteiger partial charge in [0.15, 0.2) is 18.3 Å². The number of hydrogen-bond acceptors (Lipinski definition) is 6. The third-order valence-corrected chi connectivity index (χ3v) is 3.49. The van der Waals surface area contributed by atoms with Gasteiger partial charge in [0.2, 0.25) is 0 Å². The van der Waals surface area contributed by atoms with Gasteiger partial charge in [-0.05, 0) is 18.2 Å². The lowest BCUT2D eigenvalue weighted by molar-refractivity contribution is -0.385. The van der Waals surface area contributed by atoms with E-state index in [1.807, 2.05) is 0 Å². The van der Waals surface area contributed by atoms with Crippen LogP contribution in [0.5, 0.6) is 17.2 Å². The largest absolute Gasteiger partial charge is 0.493 e. The molecule has 0 atom stereocenters. The van der Waals surface area contributed by atoms with Crippen LogP contribution < -0.4 is 14.2 Å². The molecule has 0 N–H and O–H groups in total. The average Bonchev–Trinajstić information content (AvgIpc) is 2.59. The molecule has 0 bridgehead atoms. The van der Waals surface area contributed by atoms with Crippen LogP contribution in [0.3, 0.4) is 0 Å². The predicted molar refractivity (Wildman–Crippen MR) is 80.7 cm³/mol. The molecule has 126 valence electrons. The van der Waals surface area contributed by atoms with Crippen molar-refractivity contribution < 1.29 is 28.3 Å². The normalized spacial score (nSPS) is 12.9. The van der Waals surface area contributed by atoms with E-state index in [0.29, 0.717) is 22.6 Å². The first-order valence-electron chi connectivity index (χ1n) is 7.05. The smallest absolute Gasteiger partial charge is 0.273 e. The number of nitrogens with zero attached hydrogens (tertiary/aromatic N) is 1. The van der Waals surface area contributed by atoms with E-state index in [1.54, 1.807) is 0 Å². The van der Waals surface area contributed by atoms with Crippen LogP contribution in [0.15, 0.2) is 30.3 Å². The maximum atomic E-state index is 13.7. The van der Waals surface area contributed by atoms with Gasteiger partial charge in [-0.3, -0.25) is 10.1 Å².